The van der Waals surface area contributed by atoms with Crippen LogP contribution < -0.4 is 10.6 Å². The third-order valence-electron chi connectivity index (χ3n) is 4.01. The first-order valence-electron chi connectivity index (χ1n) is 7.61. The van der Waals surface area contributed by atoms with Gasteiger partial charge in [0.2, 0.25) is 5.91 Å². The van der Waals surface area contributed by atoms with Crippen molar-refractivity contribution in [2.24, 2.45) is 0 Å². The second kappa shape index (κ2) is 7.78. The van der Waals surface area contributed by atoms with E-state index in [1.807, 2.05) is 19.1 Å². The van der Waals surface area contributed by atoms with Crippen molar-refractivity contribution in [2.45, 2.75) is 32.7 Å². The molecule has 0 bridgehead atoms. The quantitative estimate of drug-likeness (QED) is 0.879. The number of hydrogen-bond donors (Lipinski definition) is 2. The van der Waals surface area contributed by atoms with Gasteiger partial charge in [-0.1, -0.05) is 24.6 Å². The van der Waals surface area contributed by atoms with E-state index in [0.717, 1.165) is 37.3 Å². The van der Waals surface area contributed by atoms with Gasteiger partial charge in [-0.25, -0.2) is 0 Å². The molecular weight excluding hydrogens is 286 g/mol. The summed E-state index contributed by atoms with van der Waals surface area (Å²) < 4.78 is 0. The van der Waals surface area contributed by atoms with E-state index in [1.165, 1.54) is 6.42 Å². The Labute approximate surface area is 131 Å². The molecule has 0 saturated carbocycles. The Bertz CT molecular complexity index is 486. The fourth-order valence-electron chi connectivity index (χ4n) is 2.75. The molecule has 0 aromatic heterocycles. The first kappa shape index (κ1) is 16.3. The SMILES string of the molecule is CCN(CC(=O)Nc1cc(Cl)ccc1C)C1CCCNC1. The molecule has 116 valence electrons. The predicted molar refractivity (Wildman–Crippen MR) is 88.0 cm³/mol. The van der Waals surface area contributed by atoms with Crippen LogP contribution >= 0.6 is 11.6 Å². The monoisotopic (exact) mass is 309 g/mol. The average molecular weight is 310 g/mol. The summed E-state index contributed by atoms with van der Waals surface area (Å²) in [7, 11) is 0. The van der Waals surface area contributed by atoms with Gasteiger partial charge in [-0.2, -0.15) is 0 Å². The van der Waals surface area contributed by atoms with E-state index < -0.39 is 0 Å². The number of piperidine rings is 1. The first-order chi connectivity index (χ1) is 10.1. The van der Waals surface area contributed by atoms with Crippen molar-refractivity contribution in [2.75, 3.05) is 31.5 Å². The molecule has 2 rings (SSSR count). The lowest BCUT2D eigenvalue weighted by atomic mass is 10.1. The Balaban J connectivity index is 1.94. The maximum absolute atomic E-state index is 12.3. The lowest BCUT2D eigenvalue weighted by Crippen LogP contribution is -2.48. The molecule has 1 amide bonds. The standard InChI is InChI=1S/C16H24ClN3O/c1-3-20(14-5-4-8-18-10-14)11-16(21)19-15-9-13(17)7-6-12(15)2/h6-7,9,14,18H,3-5,8,10-11H2,1-2H3,(H,19,21). The summed E-state index contributed by atoms with van der Waals surface area (Å²) in [4.78, 5) is 14.5. The largest absolute Gasteiger partial charge is 0.325 e. The fraction of sp³-hybridized carbons (Fsp3) is 0.562. The smallest absolute Gasteiger partial charge is 0.238 e. The number of anilines is 1. The minimum atomic E-state index is 0.0211. The highest BCUT2D eigenvalue weighted by molar-refractivity contribution is 6.31. The van der Waals surface area contributed by atoms with Gasteiger partial charge < -0.3 is 10.6 Å². The van der Waals surface area contributed by atoms with Crippen LogP contribution in [0.4, 0.5) is 5.69 Å². The Kier molecular flexibility index (Phi) is 6.03. The summed E-state index contributed by atoms with van der Waals surface area (Å²) >= 11 is 5.99. The fourth-order valence-corrected chi connectivity index (χ4v) is 2.92. The zero-order valence-electron chi connectivity index (χ0n) is 12.8. The van der Waals surface area contributed by atoms with Crippen molar-refractivity contribution in [3.63, 3.8) is 0 Å². The number of aryl methyl sites for hydroxylation is 1. The van der Waals surface area contributed by atoms with Crippen LogP contribution in [0.25, 0.3) is 0 Å². The van der Waals surface area contributed by atoms with Gasteiger partial charge in [0.25, 0.3) is 0 Å². The number of carbonyl (C=O) groups excluding carboxylic acids is 1. The second-order valence-electron chi connectivity index (χ2n) is 5.57. The van der Waals surface area contributed by atoms with E-state index >= 15 is 0 Å². The molecule has 5 heteroatoms. The summed E-state index contributed by atoms with van der Waals surface area (Å²) in [6.07, 6.45) is 2.33. The number of halogens is 1. The van der Waals surface area contributed by atoms with Gasteiger partial charge in [0.05, 0.1) is 6.54 Å². The zero-order chi connectivity index (χ0) is 15.2. The number of rotatable bonds is 5. The highest BCUT2D eigenvalue weighted by atomic mass is 35.5. The summed E-state index contributed by atoms with van der Waals surface area (Å²) in [6.45, 7) is 7.43. The van der Waals surface area contributed by atoms with Gasteiger partial charge in [-0.3, -0.25) is 9.69 Å². The highest BCUT2D eigenvalue weighted by Gasteiger charge is 2.21. The van der Waals surface area contributed by atoms with Gasteiger partial charge in [-0.05, 0) is 50.6 Å². The van der Waals surface area contributed by atoms with Gasteiger partial charge in [-0.15, -0.1) is 0 Å². The van der Waals surface area contributed by atoms with Crippen LogP contribution in [0, 0.1) is 6.92 Å². The number of benzene rings is 1. The minimum absolute atomic E-state index is 0.0211. The molecule has 0 aliphatic carbocycles. The van der Waals surface area contributed by atoms with Gasteiger partial charge in [0.15, 0.2) is 0 Å². The number of nitrogens with one attached hydrogen (secondary N) is 2. The summed E-state index contributed by atoms with van der Waals surface area (Å²) in [5.74, 6) is 0.0211. The minimum Gasteiger partial charge on any atom is -0.325 e. The Morgan fingerprint density at radius 2 is 2.33 bits per heavy atom. The average Bonchev–Trinajstić information content (AvgIpc) is 2.49. The van der Waals surface area contributed by atoms with Crippen LogP contribution in [0.3, 0.4) is 0 Å². The van der Waals surface area contributed by atoms with Crippen LogP contribution in [0.2, 0.25) is 5.02 Å². The highest BCUT2D eigenvalue weighted by Crippen LogP contribution is 2.20. The van der Waals surface area contributed by atoms with Gasteiger partial charge in [0.1, 0.15) is 0 Å². The van der Waals surface area contributed by atoms with Crippen molar-refractivity contribution in [3.8, 4) is 0 Å². The molecule has 1 aromatic rings. The maximum Gasteiger partial charge on any atom is 0.238 e. The molecule has 1 saturated heterocycles. The van der Waals surface area contributed by atoms with Crippen LogP contribution in [-0.4, -0.2) is 43.0 Å². The van der Waals surface area contributed by atoms with Crippen molar-refractivity contribution >= 4 is 23.2 Å². The Morgan fingerprint density at radius 1 is 1.52 bits per heavy atom. The number of carbonyl (C=O) groups is 1. The summed E-state index contributed by atoms with van der Waals surface area (Å²) in [5.41, 5.74) is 1.82. The van der Waals surface area contributed by atoms with Crippen molar-refractivity contribution in [3.05, 3.63) is 28.8 Å². The normalized spacial score (nSPS) is 18.8. The Morgan fingerprint density at radius 3 is 3.00 bits per heavy atom. The third kappa shape index (κ3) is 4.70. The predicted octanol–water partition coefficient (Wildman–Crippen LogP) is 2.66. The second-order valence-corrected chi connectivity index (χ2v) is 6.01. The van der Waals surface area contributed by atoms with E-state index in [2.05, 4.69) is 22.5 Å². The van der Waals surface area contributed by atoms with Crippen LogP contribution in [0.1, 0.15) is 25.3 Å². The summed E-state index contributed by atoms with van der Waals surface area (Å²) in [5, 5.41) is 7.01. The first-order valence-corrected chi connectivity index (χ1v) is 7.98. The molecule has 21 heavy (non-hydrogen) atoms. The number of nitrogens with zero attached hydrogens (tertiary/aromatic N) is 1. The van der Waals surface area contributed by atoms with E-state index in [4.69, 9.17) is 11.6 Å². The topological polar surface area (TPSA) is 44.4 Å². The molecule has 1 atom stereocenters. The molecule has 2 N–H and O–H groups in total. The van der Waals surface area contributed by atoms with Crippen LogP contribution in [0.15, 0.2) is 18.2 Å². The van der Waals surface area contributed by atoms with E-state index in [-0.39, 0.29) is 5.91 Å². The number of likely N-dealkylation sites (N-methyl/N-ethyl adjacent to an activating group) is 1. The molecule has 0 radical (unpaired) electrons. The van der Waals surface area contributed by atoms with E-state index in [9.17, 15) is 4.79 Å². The molecule has 0 spiro atoms. The molecule has 1 unspecified atom stereocenters. The summed E-state index contributed by atoms with van der Waals surface area (Å²) in [6, 6.07) is 6.00. The number of amides is 1. The van der Waals surface area contributed by atoms with Crippen molar-refractivity contribution in [1.82, 2.24) is 10.2 Å². The van der Waals surface area contributed by atoms with E-state index in [1.54, 1.807) is 6.07 Å². The Hall–Kier alpha value is -1.10. The molecule has 1 aromatic carbocycles. The third-order valence-corrected chi connectivity index (χ3v) is 4.25. The van der Waals surface area contributed by atoms with Crippen molar-refractivity contribution in [1.29, 1.82) is 0 Å². The van der Waals surface area contributed by atoms with Crippen LogP contribution in [-0.2, 0) is 4.79 Å². The van der Waals surface area contributed by atoms with Crippen LogP contribution in [0.5, 0.6) is 0 Å². The van der Waals surface area contributed by atoms with Gasteiger partial charge >= 0.3 is 0 Å². The molecule has 1 aliphatic heterocycles. The number of hydrogen-bond acceptors (Lipinski definition) is 3. The van der Waals surface area contributed by atoms with E-state index in [0.29, 0.717) is 17.6 Å². The zero-order valence-corrected chi connectivity index (χ0v) is 13.5. The van der Waals surface area contributed by atoms with Crippen molar-refractivity contribution < 1.29 is 4.79 Å². The molecule has 1 fully saturated rings. The lowest BCUT2D eigenvalue weighted by molar-refractivity contribution is -0.117. The molecular formula is C16H24ClN3O. The maximum atomic E-state index is 12.3. The lowest BCUT2D eigenvalue weighted by Gasteiger charge is -2.33. The molecule has 1 heterocycles. The molecule has 1 aliphatic rings. The molecule has 4 nitrogen and oxygen atoms in total. The van der Waals surface area contributed by atoms with Gasteiger partial charge in [0, 0.05) is 23.3 Å².